The third kappa shape index (κ3) is 4.22. The Labute approximate surface area is 131 Å². The summed E-state index contributed by atoms with van der Waals surface area (Å²) < 4.78 is 5.11. The van der Waals surface area contributed by atoms with Gasteiger partial charge in [-0.3, -0.25) is 4.79 Å². The molecule has 0 atom stereocenters. The second-order valence-electron chi connectivity index (χ2n) is 5.41. The van der Waals surface area contributed by atoms with E-state index in [1.165, 1.54) is 11.6 Å². The van der Waals surface area contributed by atoms with Gasteiger partial charge in [-0.15, -0.1) is 0 Å². The lowest BCUT2D eigenvalue weighted by Crippen LogP contribution is -2.11. The van der Waals surface area contributed by atoms with E-state index in [2.05, 4.69) is 24.3 Å². The van der Waals surface area contributed by atoms with Gasteiger partial charge in [0.25, 0.3) is 0 Å². The van der Waals surface area contributed by atoms with Gasteiger partial charge in [0.15, 0.2) is 0 Å². The van der Waals surface area contributed by atoms with Crippen molar-refractivity contribution < 1.29 is 9.53 Å². The molecule has 0 amide bonds. The molecule has 114 valence electrons. The van der Waals surface area contributed by atoms with Crippen molar-refractivity contribution in [2.75, 3.05) is 6.61 Å². The van der Waals surface area contributed by atoms with Crippen LogP contribution in [0.5, 0.6) is 0 Å². The van der Waals surface area contributed by atoms with E-state index >= 15 is 0 Å². The number of carbonyl (C=O) groups is 1. The molecule has 3 nitrogen and oxygen atoms in total. The van der Waals surface area contributed by atoms with Crippen LogP contribution in [0.25, 0.3) is 22.9 Å². The minimum Gasteiger partial charge on any atom is -0.461 e. The summed E-state index contributed by atoms with van der Waals surface area (Å²) >= 11 is 0. The lowest BCUT2D eigenvalue weighted by atomic mass is 10.0. The van der Waals surface area contributed by atoms with Crippen molar-refractivity contribution in [1.82, 2.24) is 0 Å². The summed E-state index contributed by atoms with van der Waals surface area (Å²) in [5.41, 5.74) is 7.57. The summed E-state index contributed by atoms with van der Waals surface area (Å²) in [4.78, 5) is 11.3. The number of hydrogen-bond acceptors (Lipinski definition) is 3. The average molecular weight is 295 g/mol. The number of fused-ring (bicyclic) bond motifs is 1. The summed E-state index contributed by atoms with van der Waals surface area (Å²) in [6.45, 7) is 3.95. The molecule has 0 aromatic heterocycles. The van der Waals surface area contributed by atoms with Crippen molar-refractivity contribution >= 4 is 28.9 Å². The smallest absolute Gasteiger partial charge is 0.308 e. The SMILES string of the molecule is CC(C)C(=O)OC/C=C/c1ccc2cc(/C=C/N)ccc2c1. The molecule has 3 heteroatoms. The molecule has 0 saturated heterocycles. The Morgan fingerprint density at radius 2 is 1.68 bits per heavy atom. The molecule has 0 fully saturated rings. The predicted octanol–water partition coefficient (Wildman–Crippen LogP) is 3.98. The van der Waals surface area contributed by atoms with Crippen molar-refractivity contribution in [3.05, 3.63) is 59.8 Å². The predicted molar refractivity (Wildman–Crippen MR) is 92.0 cm³/mol. The van der Waals surface area contributed by atoms with Crippen LogP contribution in [0.15, 0.2) is 48.7 Å². The average Bonchev–Trinajstić information content (AvgIpc) is 2.51. The summed E-state index contributed by atoms with van der Waals surface area (Å²) in [6, 6.07) is 12.4. The van der Waals surface area contributed by atoms with Gasteiger partial charge in [-0.05, 0) is 52.4 Å². The highest BCUT2D eigenvalue weighted by molar-refractivity contribution is 5.86. The number of rotatable bonds is 5. The van der Waals surface area contributed by atoms with E-state index < -0.39 is 0 Å². The van der Waals surface area contributed by atoms with E-state index in [-0.39, 0.29) is 11.9 Å². The first-order valence-corrected chi connectivity index (χ1v) is 7.35. The van der Waals surface area contributed by atoms with Crippen molar-refractivity contribution in [2.45, 2.75) is 13.8 Å². The highest BCUT2D eigenvalue weighted by Crippen LogP contribution is 2.19. The van der Waals surface area contributed by atoms with Crippen LogP contribution in [0.2, 0.25) is 0 Å². The van der Waals surface area contributed by atoms with Gasteiger partial charge in [0.2, 0.25) is 0 Å². The lowest BCUT2D eigenvalue weighted by molar-refractivity contribution is -0.145. The monoisotopic (exact) mass is 295 g/mol. The fourth-order valence-corrected chi connectivity index (χ4v) is 2.08. The molecule has 0 unspecified atom stereocenters. The van der Waals surface area contributed by atoms with Gasteiger partial charge in [0.05, 0.1) is 5.92 Å². The Hall–Kier alpha value is -2.55. The van der Waals surface area contributed by atoms with Crippen molar-refractivity contribution in [1.29, 1.82) is 0 Å². The molecular formula is C19H21NO2. The summed E-state index contributed by atoms with van der Waals surface area (Å²) in [7, 11) is 0. The molecule has 2 aromatic rings. The molecule has 0 radical (unpaired) electrons. The maximum Gasteiger partial charge on any atom is 0.308 e. The molecule has 0 spiro atoms. The van der Waals surface area contributed by atoms with Crippen LogP contribution in [-0.2, 0) is 9.53 Å². The Kier molecular flexibility index (Phi) is 5.37. The first-order chi connectivity index (χ1) is 10.6. The highest BCUT2D eigenvalue weighted by Gasteiger charge is 2.06. The second-order valence-corrected chi connectivity index (χ2v) is 5.41. The number of carbonyl (C=O) groups excluding carboxylic acids is 1. The van der Waals surface area contributed by atoms with Crippen LogP contribution < -0.4 is 5.73 Å². The minimum absolute atomic E-state index is 0.0918. The largest absolute Gasteiger partial charge is 0.461 e. The fourth-order valence-electron chi connectivity index (χ4n) is 2.08. The van der Waals surface area contributed by atoms with E-state index in [0.717, 1.165) is 16.5 Å². The van der Waals surface area contributed by atoms with E-state index in [1.54, 1.807) is 0 Å². The van der Waals surface area contributed by atoms with Gasteiger partial charge in [0, 0.05) is 0 Å². The normalized spacial score (nSPS) is 11.8. The fraction of sp³-hybridized carbons (Fsp3) is 0.211. The second kappa shape index (κ2) is 7.46. The van der Waals surface area contributed by atoms with Gasteiger partial charge in [-0.25, -0.2) is 0 Å². The molecule has 0 aliphatic heterocycles. The Bertz CT molecular complexity index is 714. The van der Waals surface area contributed by atoms with Gasteiger partial charge in [-0.2, -0.15) is 0 Å². The van der Waals surface area contributed by atoms with Gasteiger partial charge in [-0.1, -0.05) is 44.2 Å². The zero-order valence-corrected chi connectivity index (χ0v) is 13.0. The molecule has 0 aliphatic rings. The van der Waals surface area contributed by atoms with Crippen LogP contribution in [0.3, 0.4) is 0 Å². The third-order valence-electron chi connectivity index (χ3n) is 3.28. The molecule has 2 N–H and O–H groups in total. The summed E-state index contributed by atoms with van der Waals surface area (Å²) in [6.07, 6.45) is 7.22. The first kappa shape index (κ1) is 15.8. The number of ether oxygens (including phenoxy) is 1. The van der Waals surface area contributed by atoms with Crippen LogP contribution in [-0.4, -0.2) is 12.6 Å². The Balaban J connectivity index is 2.06. The molecule has 22 heavy (non-hydrogen) atoms. The van der Waals surface area contributed by atoms with E-state index in [1.807, 2.05) is 44.2 Å². The van der Waals surface area contributed by atoms with Crippen molar-refractivity contribution in [2.24, 2.45) is 11.7 Å². The van der Waals surface area contributed by atoms with Crippen molar-refractivity contribution in [3.63, 3.8) is 0 Å². The number of nitrogens with two attached hydrogens (primary N) is 1. The van der Waals surface area contributed by atoms with Crippen LogP contribution in [0, 0.1) is 5.92 Å². The molecule has 0 bridgehead atoms. The van der Waals surface area contributed by atoms with Crippen molar-refractivity contribution in [3.8, 4) is 0 Å². The van der Waals surface area contributed by atoms with Crippen LogP contribution in [0.1, 0.15) is 25.0 Å². The molecule has 0 saturated carbocycles. The Morgan fingerprint density at radius 3 is 2.23 bits per heavy atom. The summed E-state index contributed by atoms with van der Waals surface area (Å²) in [5, 5.41) is 2.33. The van der Waals surface area contributed by atoms with Crippen LogP contribution in [0.4, 0.5) is 0 Å². The molecule has 2 rings (SSSR count). The van der Waals surface area contributed by atoms with Gasteiger partial charge < -0.3 is 10.5 Å². The third-order valence-corrected chi connectivity index (χ3v) is 3.28. The number of hydrogen-bond donors (Lipinski definition) is 1. The van der Waals surface area contributed by atoms with Crippen LogP contribution >= 0.6 is 0 Å². The maximum absolute atomic E-state index is 11.3. The Morgan fingerprint density at radius 1 is 1.09 bits per heavy atom. The zero-order valence-electron chi connectivity index (χ0n) is 13.0. The highest BCUT2D eigenvalue weighted by atomic mass is 16.5. The van der Waals surface area contributed by atoms with Gasteiger partial charge >= 0.3 is 5.97 Å². The van der Waals surface area contributed by atoms with Gasteiger partial charge in [0.1, 0.15) is 6.61 Å². The molecular weight excluding hydrogens is 274 g/mol. The molecule has 2 aromatic carbocycles. The molecule has 0 aliphatic carbocycles. The number of benzene rings is 2. The quantitative estimate of drug-likeness (QED) is 0.849. The number of esters is 1. The maximum atomic E-state index is 11.3. The minimum atomic E-state index is -0.177. The standard InChI is InChI=1S/C19H21NO2/c1-14(2)19(21)22-11-3-4-15-5-7-18-13-16(9-10-20)6-8-17(18)12-15/h3-10,12-14H,11,20H2,1-2H3/b4-3+,10-9+. The zero-order chi connectivity index (χ0) is 15.9. The lowest BCUT2D eigenvalue weighted by Gasteiger charge is -2.04. The topological polar surface area (TPSA) is 52.3 Å². The first-order valence-electron chi connectivity index (χ1n) is 7.35. The van der Waals surface area contributed by atoms with E-state index in [9.17, 15) is 4.79 Å². The van der Waals surface area contributed by atoms with E-state index in [0.29, 0.717) is 6.61 Å². The molecule has 0 heterocycles. The van der Waals surface area contributed by atoms with E-state index in [4.69, 9.17) is 10.5 Å². The summed E-state index contributed by atoms with van der Waals surface area (Å²) in [5.74, 6) is -0.269.